The van der Waals surface area contributed by atoms with E-state index in [0.29, 0.717) is 5.56 Å². The molecule has 1 aromatic heterocycles. The van der Waals surface area contributed by atoms with Crippen LogP contribution in [0.4, 0.5) is 5.69 Å². The molecule has 0 saturated carbocycles. The van der Waals surface area contributed by atoms with Gasteiger partial charge in [0.25, 0.3) is 17.5 Å². The lowest BCUT2D eigenvalue weighted by molar-refractivity contribution is -0.385. The van der Waals surface area contributed by atoms with Crippen molar-refractivity contribution in [3.63, 3.8) is 0 Å². The van der Waals surface area contributed by atoms with Crippen LogP contribution in [-0.4, -0.2) is 21.7 Å². The third-order valence-corrected chi connectivity index (χ3v) is 2.46. The third kappa shape index (κ3) is 3.02. The highest BCUT2D eigenvalue weighted by molar-refractivity contribution is 6.10. The molecule has 7 nitrogen and oxygen atoms in total. The van der Waals surface area contributed by atoms with E-state index in [0.717, 1.165) is 18.5 Å². The Labute approximate surface area is 113 Å². The number of carbonyl (C=O) groups is 2. The minimum Gasteiger partial charge on any atom is -0.288 e. The minimum absolute atomic E-state index is 0.0523. The molecule has 2 aromatic rings. The van der Waals surface area contributed by atoms with E-state index in [4.69, 9.17) is 0 Å². The van der Waals surface area contributed by atoms with Crippen molar-refractivity contribution in [2.75, 3.05) is 0 Å². The van der Waals surface area contributed by atoms with E-state index in [9.17, 15) is 19.7 Å². The van der Waals surface area contributed by atoms with E-state index in [2.05, 4.69) is 10.3 Å². The van der Waals surface area contributed by atoms with Crippen molar-refractivity contribution < 1.29 is 14.5 Å². The van der Waals surface area contributed by atoms with Crippen LogP contribution in [-0.2, 0) is 0 Å². The summed E-state index contributed by atoms with van der Waals surface area (Å²) in [5, 5.41) is 12.7. The summed E-state index contributed by atoms with van der Waals surface area (Å²) in [7, 11) is 0. The molecule has 0 unspecified atom stereocenters. The summed E-state index contributed by atoms with van der Waals surface area (Å²) in [6.45, 7) is 0. The predicted molar refractivity (Wildman–Crippen MR) is 69.1 cm³/mol. The number of benzene rings is 1. The summed E-state index contributed by atoms with van der Waals surface area (Å²) in [5.41, 5.74) is -0.0486. The number of amides is 2. The minimum atomic E-state index is -0.741. The van der Waals surface area contributed by atoms with Crippen LogP contribution < -0.4 is 5.32 Å². The largest absolute Gasteiger partial charge is 0.288 e. The van der Waals surface area contributed by atoms with Crippen LogP contribution in [0.3, 0.4) is 0 Å². The summed E-state index contributed by atoms with van der Waals surface area (Å²) in [4.78, 5) is 37.1. The van der Waals surface area contributed by atoms with Gasteiger partial charge in [0.05, 0.1) is 10.5 Å². The second-order valence-corrected chi connectivity index (χ2v) is 3.84. The van der Waals surface area contributed by atoms with E-state index in [-0.39, 0.29) is 11.3 Å². The number of carbonyl (C=O) groups excluding carboxylic acids is 2. The van der Waals surface area contributed by atoms with Gasteiger partial charge >= 0.3 is 0 Å². The van der Waals surface area contributed by atoms with Gasteiger partial charge in [-0.05, 0) is 12.1 Å². The molecule has 0 aliphatic rings. The standard InChI is InChI=1S/C13H9N3O4/c17-12(9-4-2-1-3-5-9)15-13(18)10-6-11(16(19)20)8-14-7-10/h1-8H,(H,15,17,18). The van der Waals surface area contributed by atoms with Gasteiger partial charge in [-0.3, -0.25) is 30.0 Å². The number of rotatable bonds is 3. The monoisotopic (exact) mass is 271 g/mol. The average Bonchev–Trinajstić information content (AvgIpc) is 2.48. The van der Waals surface area contributed by atoms with Crippen molar-refractivity contribution in [3.05, 3.63) is 70.0 Å². The van der Waals surface area contributed by atoms with Gasteiger partial charge in [-0.1, -0.05) is 18.2 Å². The van der Waals surface area contributed by atoms with Gasteiger partial charge in [-0.15, -0.1) is 0 Å². The molecule has 0 spiro atoms. The quantitative estimate of drug-likeness (QED) is 0.518. The Hall–Kier alpha value is -3.09. The molecular weight excluding hydrogens is 262 g/mol. The maximum absolute atomic E-state index is 11.8. The highest BCUT2D eigenvalue weighted by atomic mass is 16.6. The molecular formula is C13H9N3O4. The normalized spacial score (nSPS) is 9.80. The van der Waals surface area contributed by atoms with Gasteiger partial charge in [0.15, 0.2) is 0 Å². The molecule has 0 radical (unpaired) electrons. The summed E-state index contributed by atoms with van der Waals surface area (Å²) in [5.74, 6) is -1.32. The molecule has 1 aromatic carbocycles. The van der Waals surface area contributed by atoms with Crippen molar-refractivity contribution in [2.24, 2.45) is 0 Å². The number of pyridine rings is 1. The van der Waals surface area contributed by atoms with E-state index in [1.807, 2.05) is 0 Å². The number of nitrogens with zero attached hydrogens (tertiary/aromatic N) is 2. The fourth-order valence-corrected chi connectivity index (χ4v) is 1.49. The number of hydrogen-bond donors (Lipinski definition) is 1. The molecule has 2 rings (SSSR count). The molecule has 2 amide bonds. The molecule has 20 heavy (non-hydrogen) atoms. The molecule has 0 bridgehead atoms. The van der Waals surface area contributed by atoms with Gasteiger partial charge in [0.2, 0.25) is 0 Å². The highest BCUT2D eigenvalue weighted by Gasteiger charge is 2.15. The first kappa shape index (κ1) is 13.3. The Morgan fingerprint density at radius 3 is 2.35 bits per heavy atom. The molecule has 0 atom stereocenters. The van der Waals surface area contributed by atoms with E-state index < -0.39 is 16.7 Å². The lowest BCUT2D eigenvalue weighted by atomic mass is 10.2. The van der Waals surface area contributed by atoms with Crippen molar-refractivity contribution in [3.8, 4) is 0 Å². The first-order valence-electron chi connectivity index (χ1n) is 5.58. The van der Waals surface area contributed by atoms with Gasteiger partial charge in [0.1, 0.15) is 6.20 Å². The first-order chi connectivity index (χ1) is 9.58. The zero-order chi connectivity index (χ0) is 14.5. The van der Waals surface area contributed by atoms with E-state index in [1.165, 1.54) is 0 Å². The van der Waals surface area contributed by atoms with Crippen molar-refractivity contribution in [2.45, 2.75) is 0 Å². The second kappa shape index (κ2) is 5.70. The predicted octanol–water partition coefficient (Wildman–Crippen LogP) is 1.56. The van der Waals surface area contributed by atoms with Crippen LogP contribution in [0.5, 0.6) is 0 Å². The third-order valence-electron chi connectivity index (χ3n) is 2.46. The number of hydrogen-bond acceptors (Lipinski definition) is 5. The van der Waals surface area contributed by atoms with Crippen molar-refractivity contribution in [1.82, 2.24) is 10.3 Å². The average molecular weight is 271 g/mol. The van der Waals surface area contributed by atoms with Crippen LogP contribution in [0, 0.1) is 10.1 Å². The molecule has 0 saturated heterocycles. The van der Waals surface area contributed by atoms with Crippen LogP contribution in [0.2, 0.25) is 0 Å². The number of aromatic nitrogens is 1. The van der Waals surface area contributed by atoms with Crippen molar-refractivity contribution in [1.29, 1.82) is 0 Å². The van der Waals surface area contributed by atoms with Gasteiger partial charge in [0, 0.05) is 17.8 Å². The molecule has 100 valence electrons. The Morgan fingerprint density at radius 2 is 1.70 bits per heavy atom. The first-order valence-corrected chi connectivity index (χ1v) is 5.58. The molecule has 7 heteroatoms. The number of imide groups is 1. The Morgan fingerprint density at radius 1 is 1.05 bits per heavy atom. The van der Waals surface area contributed by atoms with Gasteiger partial charge < -0.3 is 0 Å². The second-order valence-electron chi connectivity index (χ2n) is 3.84. The molecule has 0 aliphatic heterocycles. The van der Waals surface area contributed by atoms with E-state index >= 15 is 0 Å². The Bertz CT molecular complexity index is 670. The van der Waals surface area contributed by atoms with Crippen LogP contribution in [0.15, 0.2) is 48.8 Å². The lowest BCUT2D eigenvalue weighted by Crippen LogP contribution is -2.30. The summed E-state index contributed by atoms with van der Waals surface area (Å²) in [6, 6.07) is 9.22. The highest BCUT2D eigenvalue weighted by Crippen LogP contribution is 2.11. The summed E-state index contributed by atoms with van der Waals surface area (Å²) in [6.07, 6.45) is 2.18. The maximum Gasteiger partial charge on any atom is 0.288 e. The topological polar surface area (TPSA) is 102 Å². The fraction of sp³-hybridized carbons (Fsp3) is 0. The van der Waals surface area contributed by atoms with Gasteiger partial charge in [-0.25, -0.2) is 0 Å². The smallest absolute Gasteiger partial charge is 0.288 e. The van der Waals surface area contributed by atoms with E-state index in [1.54, 1.807) is 30.3 Å². The number of nitrogens with one attached hydrogen (secondary N) is 1. The van der Waals surface area contributed by atoms with Gasteiger partial charge in [-0.2, -0.15) is 0 Å². The molecule has 0 aliphatic carbocycles. The summed E-state index contributed by atoms with van der Waals surface area (Å²) >= 11 is 0. The number of nitro groups is 1. The molecule has 1 heterocycles. The Kier molecular flexibility index (Phi) is 3.80. The zero-order valence-electron chi connectivity index (χ0n) is 10.1. The van der Waals surface area contributed by atoms with Crippen LogP contribution in [0.25, 0.3) is 0 Å². The van der Waals surface area contributed by atoms with Crippen LogP contribution in [0.1, 0.15) is 20.7 Å². The molecule has 1 N–H and O–H groups in total. The molecule has 0 fully saturated rings. The Balaban J connectivity index is 2.15. The van der Waals surface area contributed by atoms with Crippen LogP contribution >= 0.6 is 0 Å². The summed E-state index contributed by atoms with van der Waals surface area (Å²) < 4.78 is 0. The maximum atomic E-state index is 11.8. The fourth-order valence-electron chi connectivity index (χ4n) is 1.49. The SMILES string of the molecule is O=C(NC(=O)c1cncc([N+](=O)[O-])c1)c1ccccc1. The van der Waals surface area contributed by atoms with Crippen molar-refractivity contribution >= 4 is 17.5 Å². The lowest BCUT2D eigenvalue weighted by Gasteiger charge is -2.03. The zero-order valence-corrected chi connectivity index (χ0v) is 10.1.